The summed E-state index contributed by atoms with van der Waals surface area (Å²) in [6, 6.07) is 0.170. The van der Waals surface area contributed by atoms with Crippen LogP contribution in [0, 0.1) is 0 Å². The van der Waals surface area contributed by atoms with E-state index < -0.39 is 5.62 Å². The second kappa shape index (κ2) is 4.61. The third-order valence-electron chi connectivity index (χ3n) is 1.71. The molecule has 6 heteroatoms. The quantitative estimate of drug-likeness (QED) is 0.410. The number of hydrazine groups is 1. The molecule has 0 aromatic rings. The lowest BCUT2D eigenvalue weighted by atomic mass is 10.4. The van der Waals surface area contributed by atoms with Crippen molar-refractivity contribution in [3.63, 3.8) is 0 Å². The molecule has 0 aliphatic carbocycles. The average Bonchev–Trinajstić information content (AvgIpc) is 2.11. The topological polar surface area (TPSA) is 66.0 Å². The van der Waals surface area contributed by atoms with E-state index in [0.29, 0.717) is 5.96 Å². The van der Waals surface area contributed by atoms with Crippen LogP contribution in [0.3, 0.4) is 0 Å². The Hall–Kier alpha value is -0.810. The molecule has 0 spiro atoms. The summed E-state index contributed by atoms with van der Waals surface area (Å²) in [5.74, 6) is 7.08. The van der Waals surface area contributed by atoms with Crippen molar-refractivity contribution in [2.45, 2.75) is 38.9 Å². The van der Waals surface area contributed by atoms with E-state index in [1.807, 2.05) is 20.8 Å². The maximum atomic E-state index is 5.91. The van der Waals surface area contributed by atoms with Gasteiger partial charge in [-0.3, -0.25) is 0 Å². The van der Waals surface area contributed by atoms with Crippen LogP contribution in [0.15, 0.2) is 9.98 Å². The molecule has 0 radical (unpaired) electrons. The van der Waals surface area contributed by atoms with Crippen molar-refractivity contribution in [3.8, 4) is 0 Å². The number of hydrogen-bond donors (Lipinski definition) is 2. The normalized spacial score (nSPS) is 25.3. The number of hydrogen-bond acceptors (Lipinski definition) is 3. The Balaban J connectivity index is 2.85. The van der Waals surface area contributed by atoms with Crippen LogP contribution in [0.1, 0.15) is 27.2 Å². The van der Waals surface area contributed by atoms with E-state index in [4.69, 9.17) is 17.4 Å². The van der Waals surface area contributed by atoms with E-state index in [-0.39, 0.29) is 6.04 Å². The first-order chi connectivity index (χ1) is 6.54. The zero-order valence-electron chi connectivity index (χ0n) is 8.66. The van der Waals surface area contributed by atoms with Gasteiger partial charge < -0.3 is 5.32 Å². The Bertz CT molecular complexity index is 260. The molecular formula is C8H16ClN5. The van der Waals surface area contributed by atoms with Gasteiger partial charge in [0.1, 0.15) is 5.84 Å². The molecule has 1 heterocycles. The number of nitrogens with zero attached hydrogens (tertiary/aromatic N) is 3. The van der Waals surface area contributed by atoms with E-state index in [0.717, 1.165) is 12.3 Å². The number of halogens is 1. The summed E-state index contributed by atoms with van der Waals surface area (Å²) in [5.41, 5.74) is -0.566. The summed E-state index contributed by atoms with van der Waals surface area (Å²) >= 11 is 5.91. The molecule has 0 saturated carbocycles. The second-order valence-corrected chi connectivity index (χ2v) is 3.71. The van der Waals surface area contributed by atoms with E-state index in [2.05, 4.69) is 15.3 Å². The molecular weight excluding hydrogens is 202 g/mol. The van der Waals surface area contributed by atoms with E-state index in [1.165, 1.54) is 5.01 Å². The van der Waals surface area contributed by atoms with Crippen LogP contribution in [0.25, 0.3) is 0 Å². The number of guanidine groups is 1. The van der Waals surface area contributed by atoms with Gasteiger partial charge in [0.05, 0.1) is 0 Å². The number of rotatable bonds is 2. The number of amidine groups is 1. The highest BCUT2D eigenvalue weighted by Gasteiger charge is 2.22. The van der Waals surface area contributed by atoms with Crippen molar-refractivity contribution in [2.24, 2.45) is 15.8 Å². The first-order valence-corrected chi connectivity index (χ1v) is 5.07. The number of nitrogens with one attached hydrogen (secondary N) is 1. The fraction of sp³-hybridized carbons (Fsp3) is 0.750. The molecule has 1 aliphatic rings. The minimum absolute atomic E-state index is 0.170. The van der Waals surface area contributed by atoms with Crippen LogP contribution in [-0.4, -0.2) is 28.5 Å². The predicted octanol–water partition coefficient (Wildman–Crippen LogP) is 0.861. The lowest BCUT2D eigenvalue weighted by Crippen LogP contribution is -2.55. The van der Waals surface area contributed by atoms with Gasteiger partial charge in [0, 0.05) is 12.5 Å². The minimum atomic E-state index is -0.566. The molecule has 1 atom stereocenters. The molecule has 0 aromatic heterocycles. The SMILES string of the molecule is CCC1=NC(Cl)N(N)C(=NC(C)C)N1. The predicted molar refractivity (Wildman–Crippen MR) is 59.1 cm³/mol. The maximum Gasteiger partial charge on any atom is 0.217 e. The van der Waals surface area contributed by atoms with E-state index in [9.17, 15) is 0 Å². The second-order valence-electron chi connectivity index (χ2n) is 3.32. The first-order valence-electron chi connectivity index (χ1n) is 4.64. The summed E-state index contributed by atoms with van der Waals surface area (Å²) in [6.07, 6.45) is 0.786. The highest BCUT2D eigenvalue weighted by atomic mass is 35.5. The van der Waals surface area contributed by atoms with Gasteiger partial charge in [-0.1, -0.05) is 18.5 Å². The number of nitrogens with two attached hydrogens (primary N) is 1. The molecule has 80 valence electrons. The third-order valence-corrected chi connectivity index (χ3v) is 2.02. The van der Waals surface area contributed by atoms with Gasteiger partial charge in [0.15, 0.2) is 0 Å². The van der Waals surface area contributed by atoms with E-state index in [1.54, 1.807) is 0 Å². The van der Waals surface area contributed by atoms with Gasteiger partial charge in [-0.2, -0.15) is 0 Å². The zero-order valence-corrected chi connectivity index (χ0v) is 9.41. The molecule has 0 bridgehead atoms. The third kappa shape index (κ3) is 2.59. The van der Waals surface area contributed by atoms with Gasteiger partial charge in [0.25, 0.3) is 0 Å². The standard InChI is InChI=1S/C8H16ClN5/c1-4-6-12-7(9)14(10)8(13-6)11-5(2)3/h5,7H,4,10H2,1-3H3,(H,11,12,13). The zero-order chi connectivity index (χ0) is 10.7. The fourth-order valence-electron chi connectivity index (χ4n) is 1.04. The molecule has 1 aliphatic heterocycles. The summed E-state index contributed by atoms with van der Waals surface area (Å²) in [7, 11) is 0. The lowest BCUT2D eigenvalue weighted by molar-refractivity contribution is 0.391. The maximum absolute atomic E-state index is 5.91. The lowest BCUT2D eigenvalue weighted by Gasteiger charge is -2.29. The van der Waals surface area contributed by atoms with Crippen LogP contribution < -0.4 is 11.2 Å². The van der Waals surface area contributed by atoms with Crippen molar-refractivity contribution >= 4 is 23.4 Å². The molecule has 14 heavy (non-hydrogen) atoms. The molecule has 0 amide bonds. The molecule has 0 aromatic carbocycles. The Morgan fingerprint density at radius 1 is 1.71 bits per heavy atom. The molecule has 0 fully saturated rings. The van der Waals surface area contributed by atoms with Crippen LogP contribution in [-0.2, 0) is 0 Å². The Morgan fingerprint density at radius 3 is 2.86 bits per heavy atom. The van der Waals surface area contributed by atoms with Gasteiger partial charge >= 0.3 is 0 Å². The molecule has 1 unspecified atom stereocenters. The van der Waals surface area contributed by atoms with Crippen molar-refractivity contribution in [3.05, 3.63) is 0 Å². The van der Waals surface area contributed by atoms with Crippen LogP contribution in [0.2, 0.25) is 0 Å². The summed E-state index contributed by atoms with van der Waals surface area (Å²) in [6.45, 7) is 5.95. The van der Waals surface area contributed by atoms with Crippen molar-refractivity contribution in [1.29, 1.82) is 0 Å². The largest absolute Gasteiger partial charge is 0.313 e. The van der Waals surface area contributed by atoms with Gasteiger partial charge in [-0.15, -0.1) is 0 Å². The molecule has 5 nitrogen and oxygen atoms in total. The van der Waals surface area contributed by atoms with Crippen molar-refractivity contribution < 1.29 is 0 Å². The first kappa shape index (κ1) is 11.3. The van der Waals surface area contributed by atoms with Crippen LogP contribution in [0.5, 0.6) is 0 Å². The van der Waals surface area contributed by atoms with E-state index >= 15 is 0 Å². The number of alkyl halides is 1. The molecule has 3 N–H and O–H groups in total. The van der Waals surface area contributed by atoms with Gasteiger partial charge in [-0.25, -0.2) is 20.8 Å². The summed E-state index contributed by atoms with van der Waals surface area (Å²) < 4.78 is 0. The molecule has 0 saturated heterocycles. The fourth-order valence-corrected chi connectivity index (χ4v) is 1.25. The van der Waals surface area contributed by atoms with Gasteiger partial charge in [0.2, 0.25) is 11.6 Å². The Labute approximate surface area is 89.0 Å². The monoisotopic (exact) mass is 217 g/mol. The summed E-state index contributed by atoms with van der Waals surface area (Å²) in [5, 5.41) is 4.35. The Kier molecular flexibility index (Phi) is 3.71. The van der Waals surface area contributed by atoms with Crippen LogP contribution >= 0.6 is 11.6 Å². The summed E-state index contributed by atoms with van der Waals surface area (Å²) in [4.78, 5) is 8.44. The Morgan fingerprint density at radius 2 is 2.36 bits per heavy atom. The minimum Gasteiger partial charge on any atom is -0.313 e. The highest BCUT2D eigenvalue weighted by molar-refractivity contribution is 6.23. The number of aliphatic imine (C=N–C) groups is 2. The molecule has 1 rings (SSSR count). The van der Waals surface area contributed by atoms with Crippen molar-refractivity contribution in [1.82, 2.24) is 10.3 Å². The van der Waals surface area contributed by atoms with Crippen molar-refractivity contribution in [2.75, 3.05) is 0 Å². The average molecular weight is 218 g/mol. The van der Waals surface area contributed by atoms with Crippen LogP contribution in [0.4, 0.5) is 0 Å². The van der Waals surface area contributed by atoms with Gasteiger partial charge in [-0.05, 0) is 13.8 Å². The highest BCUT2D eigenvalue weighted by Crippen LogP contribution is 2.08. The smallest absolute Gasteiger partial charge is 0.217 e.